The van der Waals surface area contributed by atoms with Gasteiger partial charge < -0.3 is 10.2 Å². The molecule has 1 heterocycles. The van der Waals surface area contributed by atoms with E-state index in [1.165, 1.54) is 12.1 Å². The molecule has 7 nitrogen and oxygen atoms in total. The number of anilines is 1. The van der Waals surface area contributed by atoms with E-state index < -0.39 is 16.1 Å². The minimum absolute atomic E-state index is 0.0402. The summed E-state index contributed by atoms with van der Waals surface area (Å²) in [5, 5.41) is 28.2. The number of hydrogen-bond donors (Lipinski definition) is 3. The number of aromatic hydroxyl groups is 1. The standard InChI is InChI=1S/C14H17N3O4S/c1-14(2,5-6-15)8-10-3-4-11(12(18)7-10)17-9-13(19)16-22(17,20)21/h3-4,7,9,16,18-19H,5,8H2,1-2H3. The smallest absolute Gasteiger partial charge is 0.330 e. The highest BCUT2D eigenvalue weighted by molar-refractivity contribution is 7.91. The van der Waals surface area contributed by atoms with Gasteiger partial charge in [0.15, 0.2) is 0 Å². The van der Waals surface area contributed by atoms with Crippen LogP contribution in [0.2, 0.25) is 0 Å². The molecule has 22 heavy (non-hydrogen) atoms. The second-order valence-electron chi connectivity index (χ2n) is 5.92. The molecule has 0 amide bonds. The van der Waals surface area contributed by atoms with E-state index in [-0.39, 0.29) is 16.9 Å². The Morgan fingerprint density at radius 1 is 1.36 bits per heavy atom. The Kier molecular flexibility index (Phi) is 3.94. The summed E-state index contributed by atoms with van der Waals surface area (Å²) < 4.78 is 26.2. The Morgan fingerprint density at radius 3 is 2.55 bits per heavy atom. The van der Waals surface area contributed by atoms with E-state index in [1.807, 2.05) is 18.6 Å². The molecule has 0 bridgehead atoms. The fraction of sp³-hybridized carbons (Fsp3) is 0.357. The monoisotopic (exact) mass is 323 g/mol. The molecule has 0 aliphatic carbocycles. The Hall–Kier alpha value is -2.40. The Bertz CT molecular complexity index is 763. The van der Waals surface area contributed by atoms with Gasteiger partial charge in [-0.25, -0.2) is 9.03 Å². The van der Waals surface area contributed by atoms with Crippen LogP contribution >= 0.6 is 0 Å². The number of rotatable bonds is 4. The van der Waals surface area contributed by atoms with Crippen molar-refractivity contribution in [1.82, 2.24) is 4.72 Å². The zero-order valence-electron chi connectivity index (χ0n) is 12.2. The summed E-state index contributed by atoms with van der Waals surface area (Å²) in [4.78, 5) is 0. The Labute approximate surface area is 129 Å². The van der Waals surface area contributed by atoms with Crippen LogP contribution in [0.3, 0.4) is 0 Å². The first kappa shape index (κ1) is 16.0. The molecule has 0 saturated carbocycles. The molecule has 3 N–H and O–H groups in total. The van der Waals surface area contributed by atoms with Crippen LogP contribution in [0.5, 0.6) is 5.75 Å². The number of phenols is 1. The fourth-order valence-electron chi connectivity index (χ4n) is 2.28. The lowest BCUT2D eigenvalue weighted by molar-refractivity contribution is 0.372. The molecule has 1 aromatic carbocycles. The summed E-state index contributed by atoms with van der Waals surface area (Å²) in [5.74, 6) is -0.736. The Morgan fingerprint density at radius 2 is 2.05 bits per heavy atom. The van der Waals surface area contributed by atoms with Crippen molar-refractivity contribution in [2.45, 2.75) is 26.7 Å². The van der Waals surface area contributed by atoms with Gasteiger partial charge in [0, 0.05) is 6.42 Å². The van der Waals surface area contributed by atoms with Gasteiger partial charge in [-0.05, 0) is 29.5 Å². The highest BCUT2D eigenvalue weighted by atomic mass is 32.2. The first-order valence-electron chi connectivity index (χ1n) is 6.56. The molecule has 0 radical (unpaired) electrons. The van der Waals surface area contributed by atoms with E-state index in [2.05, 4.69) is 6.07 Å². The second kappa shape index (κ2) is 5.42. The van der Waals surface area contributed by atoms with E-state index in [9.17, 15) is 18.6 Å². The number of phenolic OH excluding ortho intramolecular Hbond substituents is 1. The van der Waals surface area contributed by atoms with E-state index in [0.717, 1.165) is 16.1 Å². The van der Waals surface area contributed by atoms with Crippen LogP contribution in [0.4, 0.5) is 5.69 Å². The first-order valence-corrected chi connectivity index (χ1v) is 8.00. The molecule has 0 saturated heterocycles. The van der Waals surface area contributed by atoms with Gasteiger partial charge in [0.2, 0.25) is 5.88 Å². The molecule has 2 rings (SSSR count). The van der Waals surface area contributed by atoms with Crippen molar-refractivity contribution >= 4 is 15.9 Å². The molecule has 1 aliphatic heterocycles. The molecule has 118 valence electrons. The number of aliphatic hydroxyl groups excluding tert-OH is 1. The zero-order valence-corrected chi connectivity index (χ0v) is 13.1. The SMILES string of the molecule is CC(C)(CC#N)Cc1ccc(N2C=C(O)NS2(=O)=O)c(O)c1. The third kappa shape index (κ3) is 3.26. The van der Waals surface area contributed by atoms with Crippen LogP contribution in [0.25, 0.3) is 0 Å². The molecule has 1 aliphatic rings. The topological polar surface area (TPSA) is 114 Å². The van der Waals surface area contributed by atoms with E-state index in [1.54, 1.807) is 6.07 Å². The lowest BCUT2D eigenvalue weighted by Gasteiger charge is -2.22. The molecule has 0 unspecified atom stereocenters. The van der Waals surface area contributed by atoms with Crippen molar-refractivity contribution in [3.63, 3.8) is 0 Å². The van der Waals surface area contributed by atoms with Gasteiger partial charge in [-0.1, -0.05) is 19.9 Å². The molecular weight excluding hydrogens is 306 g/mol. The average Bonchev–Trinajstić information content (AvgIpc) is 2.61. The highest BCUT2D eigenvalue weighted by Gasteiger charge is 2.30. The molecule has 0 spiro atoms. The number of benzene rings is 1. The van der Waals surface area contributed by atoms with E-state index >= 15 is 0 Å². The van der Waals surface area contributed by atoms with Gasteiger partial charge in [0.25, 0.3) is 0 Å². The lowest BCUT2D eigenvalue weighted by atomic mass is 9.83. The van der Waals surface area contributed by atoms with Gasteiger partial charge in [0.05, 0.1) is 12.3 Å². The molecule has 0 atom stereocenters. The van der Waals surface area contributed by atoms with Gasteiger partial charge in [0.1, 0.15) is 11.4 Å². The van der Waals surface area contributed by atoms with Crippen LogP contribution in [0.15, 0.2) is 30.3 Å². The zero-order chi connectivity index (χ0) is 16.5. The van der Waals surface area contributed by atoms with Crippen molar-refractivity contribution in [3.8, 4) is 11.8 Å². The van der Waals surface area contributed by atoms with Crippen LogP contribution in [0.1, 0.15) is 25.8 Å². The third-order valence-electron chi connectivity index (χ3n) is 3.25. The van der Waals surface area contributed by atoms with Crippen molar-refractivity contribution in [2.75, 3.05) is 4.31 Å². The van der Waals surface area contributed by atoms with Crippen molar-refractivity contribution in [2.24, 2.45) is 5.41 Å². The largest absolute Gasteiger partial charge is 0.506 e. The first-order chi connectivity index (χ1) is 10.1. The number of nitrogens with zero attached hydrogens (tertiary/aromatic N) is 2. The maximum absolute atomic E-state index is 11.8. The van der Waals surface area contributed by atoms with Gasteiger partial charge in [-0.3, -0.25) is 0 Å². The summed E-state index contributed by atoms with van der Waals surface area (Å²) in [6.45, 7) is 3.88. The highest BCUT2D eigenvalue weighted by Crippen LogP contribution is 2.34. The normalized spacial score (nSPS) is 16.8. The number of nitriles is 1. The van der Waals surface area contributed by atoms with Gasteiger partial charge in [-0.2, -0.15) is 13.7 Å². The average molecular weight is 323 g/mol. The molecule has 8 heteroatoms. The number of nitrogens with one attached hydrogen (secondary N) is 1. The Balaban J connectivity index is 2.30. The molecule has 1 aromatic rings. The fourth-order valence-corrected chi connectivity index (χ4v) is 3.35. The van der Waals surface area contributed by atoms with E-state index in [4.69, 9.17) is 5.26 Å². The summed E-state index contributed by atoms with van der Waals surface area (Å²) in [6.07, 6.45) is 1.92. The van der Waals surface area contributed by atoms with Crippen LogP contribution in [-0.2, 0) is 16.6 Å². The number of hydrogen-bond acceptors (Lipinski definition) is 5. The molecular formula is C14H17N3O4S. The van der Waals surface area contributed by atoms with Crippen molar-refractivity contribution in [1.29, 1.82) is 5.26 Å². The molecule has 0 fully saturated rings. The van der Waals surface area contributed by atoms with Crippen molar-refractivity contribution in [3.05, 3.63) is 35.8 Å². The minimum Gasteiger partial charge on any atom is -0.506 e. The summed E-state index contributed by atoms with van der Waals surface area (Å²) in [7, 11) is -3.93. The maximum atomic E-state index is 11.8. The van der Waals surface area contributed by atoms with Gasteiger partial charge in [-0.15, -0.1) is 0 Å². The minimum atomic E-state index is -3.93. The predicted molar refractivity (Wildman–Crippen MR) is 81.1 cm³/mol. The summed E-state index contributed by atoms with van der Waals surface area (Å²) >= 11 is 0. The van der Waals surface area contributed by atoms with E-state index in [0.29, 0.717) is 12.8 Å². The maximum Gasteiger partial charge on any atom is 0.330 e. The third-order valence-corrected chi connectivity index (χ3v) is 4.54. The predicted octanol–water partition coefficient (Wildman–Crippen LogP) is 1.89. The number of aliphatic hydroxyl groups is 1. The van der Waals surface area contributed by atoms with Crippen molar-refractivity contribution < 1.29 is 18.6 Å². The van der Waals surface area contributed by atoms with Crippen LogP contribution in [-0.4, -0.2) is 18.6 Å². The van der Waals surface area contributed by atoms with Crippen LogP contribution < -0.4 is 9.03 Å². The van der Waals surface area contributed by atoms with Crippen LogP contribution in [0, 0.1) is 16.7 Å². The summed E-state index contributed by atoms with van der Waals surface area (Å²) in [6, 6.07) is 6.73. The quantitative estimate of drug-likeness (QED) is 0.783. The lowest BCUT2D eigenvalue weighted by Crippen LogP contribution is -2.29. The summed E-state index contributed by atoms with van der Waals surface area (Å²) in [5.41, 5.74) is 0.583. The van der Waals surface area contributed by atoms with Gasteiger partial charge >= 0.3 is 10.2 Å². The molecule has 0 aromatic heterocycles. The second-order valence-corrected chi connectivity index (χ2v) is 7.46.